The Balaban J connectivity index is 1.24. The lowest BCUT2D eigenvalue weighted by Gasteiger charge is -2.55. The summed E-state index contributed by atoms with van der Waals surface area (Å²) < 4.78 is 5.35. The number of esters is 1. The van der Waals surface area contributed by atoms with Crippen molar-refractivity contribution in [3.05, 3.63) is 0 Å². The highest BCUT2D eigenvalue weighted by molar-refractivity contribution is 5.88. The molecule has 1 N–H and O–H groups in total. The van der Waals surface area contributed by atoms with Crippen LogP contribution in [0.3, 0.4) is 0 Å². The maximum Gasteiger partial charge on any atom is 0.326 e. The first-order chi connectivity index (χ1) is 13.9. The van der Waals surface area contributed by atoms with Gasteiger partial charge in [-0.25, -0.2) is 0 Å². The monoisotopic (exact) mass is 404 g/mol. The van der Waals surface area contributed by atoms with E-state index in [0.717, 1.165) is 44.9 Å². The van der Waals surface area contributed by atoms with Gasteiger partial charge in [0.15, 0.2) is 6.10 Å². The van der Waals surface area contributed by atoms with E-state index in [2.05, 4.69) is 5.32 Å². The van der Waals surface area contributed by atoms with Gasteiger partial charge in [-0.15, -0.1) is 0 Å². The molecule has 5 fully saturated rings. The molecule has 5 saturated carbocycles. The summed E-state index contributed by atoms with van der Waals surface area (Å²) >= 11 is 0. The number of nitrogens with zero attached hydrogens (tertiary/aromatic N) is 1. The maximum atomic E-state index is 12.9. The molecule has 4 bridgehead atoms. The molecule has 0 aromatic rings. The van der Waals surface area contributed by atoms with Crippen molar-refractivity contribution in [3.63, 3.8) is 0 Å². The number of rotatable bonds is 6. The van der Waals surface area contributed by atoms with E-state index in [1.54, 1.807) is 18.9 Å². The Bertz CT molecular complexity index is 620. The molecule has 0 aromatic carbocycles. The largest absolute Gasteiger partial charge is 0.451 e. The zero-order valence-electron chi connectivity index (χ0n) is 18.0. The molecule has 0 spiro atoms. The van der Waals surface area contributed by atoms with Crippen molar-refractivity contribution in [1.29, 1.82) is 0 Å². The van der Waals surface area contributed by atoms with E-state index in [1.165, 1.54) is 25.7 Å². The molecular weight excluding hydrogens is 368 g/mol. The average Bonchev–Trinajstić information content (AvgIpc) is 2.70. The van der Waals surface area contributed by atoms with Crippen LogP contribution >= 0.6 is 0 Å². The van der Waals surface area contributed by atoms with E-state index in [9.17, 15) is 14.4 Å². The Morgan fingerprint density at radius 2 is 1.55 bits per heavy atom. The van der Waals surface area contributed by atoms with Gasteiger partial charge in [0, 0.05) is 18.5 Å². The lowest BCUT2D eigenvalue weighted by molar-refractivity contribution is -0.160. The summed E-state index contributed by atoms with van der Waals surface area (Å²) in [4.78, 5) is 39.6. The van der Waals surface area contributed by atoms with Crippen LogP contribution < -0.4 is 5.32 Å². The van der Waals surface area contributed by atoms with Crippen LogP contribution in [0, 0.1) is 23.2 Å². The van der Waals surface area contributed by atoms with Crippen LogP contribution in [0.15, 0.2) is 0 Å². The minimum absolute atomic E-state index is 0.0202. The fourth-order valence-corrected chi connectivity index (χ4v) is 6.95. The molecule has 6 heteroatoms. The number of amides is 2. The molecule has 0 radical (unpaired) electrons. The van der Waals surface area contributed by atoms with Crippen LogP contribution in [0.5, 0.6) is 0 Å². The normalized spacial score (nSPS) is 34.5. The number of nitrogens with one attached hydrogen (secondary N) is 1. The Kier molecular flexibility index (Phi) is 5.90. The van der Waals surface area contributed by atoms with Gasteiger partial charge in [0.2, 0.25) is 5.91 Å². The summed E-state index contributed by atoms with van der Waals surface area (Å²) in [5.41, 5.74) is -0.266. The molecule has 1 atom stereocenters. The van der Waals surface area contributed by atoms with E-state index < -0.39 is 12.1 Å². The minimum Gasteiger partial charge on any atom is -0.451 e. The highest BCUT2D eigenvalue weighted by atomic mass is 16.5. The SMILES string of the molecule is C[C@@H](OC(=O)CNC(=O)C12CC3CC(CC(C3)C1)C2)C(=O)N(C)C1CCCCC1. The highest BCUT2D eigenvalue weighted by Crippen LogP contribution is 2.60. The molecule has 162 valence electrons. The molecular formula is C23H36N2O4. The molecule has 0 heterocycles. The van der Waals surface area contributed by atoms with Gasteiger partial charge in [0.25, 0.3) is 5.91 Å². The van der Waals surface area contributed by atoms with E-state index in [4.69, 9.17) is 4.74 Å². The van der Waals surface area contributed by atoms with Crippen molar-refractivity contribution < 1.29 is 19.1 Å². The van der Waals surface area contributed by atoms with E-state index in [0.29, 0.717) is 17.8 Å². The standard InChI is InChI=1S/C23H36N2O4/c1-15(21(27)25(2)19-6-4-3-5-7-19)29-20(26)14-24-22(28)23-11-16-8-17(12-23)10-18(9-16)13-23/h15-19H,3-14H2,1-2H3,(H,24,28)/t15-,16?,17?,18?,23?/m1/s1. The van der Waals surface area contributed by atoms with Crippen molar-refractivity contribution in [2.24, 2.45) is 23.2 Å². The maximum absolute atomic E-state index is 12.9. The Morgan fingerprint density at radius 1 is 1.00 bits per heavy atom. The number of carbonyl (C=O) groups excluding carboxylic acids is 3. The topological polar surface area (TPSA) is 75.7 Å². The molecule has 6 nitrogen and oxygen atoms in total. The highest BCUT2D eigenvalue weighted by Gasteiger charge is 2.54. The van der Waals surface area contributed by atoms with Gasteiger partial charge < -0.3 is 15.0 Å². The summed E-state index contributed by atoms with van der Waals surface area (Å²) in [6.45, 7) is 1.48. The third-order valence-corrected chi connectivity index (χ3v) is 8.04. The second-order valence-corrected chi connectivity index (χ2v) is 10.3. The minimum atomic E-state index is -0.814. The van der Waals surface area contributed by atoms with Gasteiger partial charge in [-0.05, 0) is 76.0 Å². The van der Waals surface area contributed by atoms with Crippen LogP contribution in [0.25, 0.3) is 0 Å². The predicted molar refractivity (Wildman–Crippen MR) is 109 cm³/mol. The first kappa shape index (κ1) is 20.7. The Labute approximate surface area is 174 Å². The van der Waals surface area contributed by atoms with E-state index in [1.807, 2.05) is 0 Å². The third-order valence-electron chi connectivity index (χ3n) is 8.04. The predicted octanol–water partition coefficient (Wildman–Crippen LogP) is 3.04. The molecule has 0 aliphatic heterocycles. The summed E-state index contributed by atoms with van der Waals surface area (Å²) in [5, 5.41) is 2.84. The smallest absolute Gasteiger partial charge is 0.326 e. The Hall–Kier alpha value is -1.59. The van der Waals surface area contributed by atoms with E-state index >= 15 is 0 Å². The number of hydrogen-bond acceptors (Lipinski definition) is 4. The fraction of sp³-hybridized carbons (Fsp3) is 0.870. The third kappa shape index (κ3) is 4.31. The summed E-state index contributed by atoms with van der Waals surface area (Å²) in [6.07, 6.45) is 11.5. The first-order valence-corrected chi connectivity index (χ1v) is 11.6. The molecule has 0 saturated heterocycles. The van der Waals surface area contributed by atoms with Crippen molar-refractivity contribution in [2.75, 3.05) is 13.6 Å². The number of likely N-dealkylation sites (N-methyl/N-ethyl adjacent to an activating group) is 1. The second-order valence-electron chi connectivity index (χ2n) is 10.3. The first-order valence-electron chi connectivity index (χ1n) is 11.6. The molecule has 2 amide bonds. The number of hydrogen-bond donors (Lipinski definition) is 1. The van der Waals surface area contributed by atoms with Gasteiger partial charge in [-0.1, -0.05) is 19.3 Å². The lowest BCUT2D eigenvalue weighted by atomic mass is 9.49. The lowest BCUT2D eigenvalue weighted by Crippen LogP contribution is -2.54. The molecule has 5 aliphatic rings. The van der Waals surface area contributed by atoms with Crippen LogP contribution in [0.1, 0.15) is 77.6 Å². The molecule has 0 aromatic heterocycles. The average molecular weight is 405 g/mol. The summed E-state index contributed by atoms with van der Waals surface area (Å²) in [7, 11) is 1.80. The molecule has 5 rings (SSSR count). The van der Waals surface area contributed by atoms with Crippen LogP contribution in [-0.2, 0) is 19.1 Å². The van der Waals surface area contributed by atoms with Crippen molar-refractivity contribution >= 4 is 17.8 Å². The van der Waals surface area contributed by atoms with Gasteiger partial charge >= 0.3 is 5.97 Å². The van der Waals surface area contributed by atoms with Gasteiger partial charge in [0.05, 0.1) is 0 Å². The van der Waals surface area contributed by atoms with Gasteiger partial charge in [-0.2, -0.15) is 0 Å². The van der Waals surface area contributed by atoms with Crippen LogP contribution in [0.2, 0.25) is 0 Å². The zero-order valence-corrected chi connectivity index (χ0v) is 18.0. The van der Waals surface area contributed by atoms with Gasteiger partial charge in [-0.3, -0.25) is 14.4 Å². The molecule has 0 unspecified atom stereocenters. The Morgan fingerprint density at radius 3 is 2.10 bits per heavy atom. The van der Waals surface area contributed by atoms with Gasteiger partial charge in [0.1, 0.15) is 6.54 Å². The fourth-order valence-electron chi connectivity index (χ4n) is 6.95. The number of carbonyl (C=O) groups is 3. The van der Waals surface area contributed by atoms with Crippen molar-refractivity contribution in [1.82, 2.24) is 10.2 Å². The number of ether oxygens (including phenoxy) is 1. The zero-order chi connectivity index (χ0) is 20.6. The van der Waals surface area contributed by atoms with Crippen molar-refractivity contribution in [2.45, 2.75) is 89.7 Å². The second kappa shape index (κ2) is 8.27. The van der Waals surface area contributed by atoms with Crippen LogP contribution in [-0.4, -0.2) is 48.4 Å². The molecule has 29 heavy (non-hydrogen) atoms. The summed E-state index contributed by atoms with van der Waals surface area (Å²) in [5.74, 6) is 1.40. The van der Waals surface area contributed by atoms with E-state index in [-0.39, 0.29) is 29.8 Å². The van der Waals surface area contributed by atoms with Crippen LogP contribution in [0.4, 0.5) is 0 Å². The summed E-state index contributed by atoms with van der Waals surface area (Å²) in [6, 6.07) is 0.244. The van der Waals surface area contributed by atoms with Crippen molar-refractivity contribution in [3.8, 4) is 0 Å². The molecule has 5 aliphatic carbocycles. The quantitative estimate of drug-likeness (QED) is 0.691.